The molecule has 0 spiro atoms. The number of aliphatic hydroxyl groups is 3. The summed E-state index contributed by atoms with van der Waals surface area (Å²) in [6.45, 7) is 0.0226. The molecule has 234 valence electrons. The second kappa shape index (κ2) is 11.9. The highest BCUT2D eigenvalue weighted by molar-refractivity contribution is 6.27. The lowest BCUT2D eigenvalue weighted by atomic mass is 9.95. The van der Waals surface area contributed by atoms with E-state index in [1.165, 1.54) is 4.90 Å². The average Bonchev–Trinajstić information content (AvgIpc) is 3.30. The van der Waals surface area contributed by atoms with E-state index >= 15 is 0 Å². The molecule has 2 saturated heterocycles. The lowest BCUT2D eigenvalue weighted by Gasteiger charge is -2.37. The number of carboxylic acids is 1. The molecule has 3 aromatic rings. The van der Waals surface area contributed by atoms with E-state index in [-0.39, 0.29) is 31.2 Å². The second-order valence-corrected chi connectivity index (χ2v) is 11.1. The summed E-state index contributed by atoms with van der Waals surface area (Å²) in [7, 11) is 0. The van der Waals surface area contributed by atoms with Gasteiger partial charge in [0.15, 0.2) is 6.10 Å². The molecule has 14 nitrogen and oxygen atoms in total. The van der Waals surface area contributed by atoms with Crippen molar-refractivity contribution in [3.63, 3.8) is 0 Å². The van der Waals surface area contributed by atoms with Gasteiger partial charge in [-0.15, -0.1) is 0 Å². The smallest absolute Gasteiger partial charge is 0.409 e. The first-order valence-corrected chi connectivity index (χ1v) is 14.2. The largest absolute Gasteiger partial charge is 0.479 e. The highest BCUT2D eigenvalue weighted by Crippen LogP contribution is 2.41. The van der Waals surface area contributed by atoms with E-state index in [2.05, 4.69) is 10.6 Å². The third kappa shape index (κ3) is 5.60. The van der Waals surface area contributed by atoms with Crippen molar-refractivity contribution in [1.82, 2.24) is 10.6 Å². The molecule has 0 saturated carbocycles. The number of aliphatic hydroxyl groups excluding tert-OH is 3. The Balaban J connectivity index is 1.11. The minimum absolute atomic E-state index is 0.0226. The maximum atomic E-state index is 13.4. The Kier molecular flexibility index (Phi) is 7.97. The SMILES string of the molecule is O=C1CC[C@H](N2C(=O)c3cccc4c(Cc5ccc(CNC(=O)OC6OC(C(=O)O)C(O)C(O)C6O)cc5)ccc2c34)C(=O)N1. The van der Waals surface area contributed by atoms with Gasteiger partial charge in [0.2, 0.25) is 18.1 Å². The number of aliphatic carboxylic acids is 1. The zero-order valence-corrected chi connectivity index (χ0v) is 23.6. The summed E-state index contributed by atoms with van der Waals surface area (Å²) in [6, 6.07) is 15.7. The molecule has 3 aliphatic rings. The van der Waals surface area contributed by atoms with Crippen LogP contribution in [0.1, 0.15) is 39.9 Å². The van der Waals surface area contributed by atoms with Gasteiger partial charge in [-0.1, -0.05) is 42.5 Å². The first kappa shape index (κ1) is 30.1. The van der Waals surface area contributed by atoms with Crippen molar-refractivity contribution in [3.8, 4) is 0 Å². The van der Waals surface area contributed by atoms with Crippen LogP contribution in [0.5, 0.6) is 0 Å². The Bertz CT molecular complexity index is 1710. The van der Waals surface area contributed by atoms with E-state index in [0.29, 0.717) is 23.2 Å². The summed E-state index contributed by atoms with van der Waals surface area (Å²) >= 11 is 0. The van der Waals surface area contributed by atoms with Gasteiger partial charge in [-0.05, 0) is 47.1 Å². The molecule has 0 radical (unpaired) electrons. The number of imide groups is 1. The van der Waals surface area contributed by atoms with E-state index in [0.717, 1.165) is 21.9 Å². The normalized spacial score (nSPS) is 26.1. The van der Waals surface area contributed by atoms with Gasteiger partial charge in [-0.25, -0.2) is 9.59 Å². The van der Waals surface area contributed by atoms with E-state index in [1.54, 1.807) is 24.3 Å². The Hall–Kier alpha value is -4.89. The molecule has 4 amide bonds. The van der Waals surface area contributed by atoms with Crippen LogP contribution in [0.3, 0.4) is 0 Å². The zero-order chi connectivity index (χ0) is 32.0. The van der Waals surface area contributed by atoms with Crippen molar-refractivity contribution in [2.45, 2.75) is 62.6 Å². The minimum Gasteiger partial charge on any atom is -0.479 e. The number of amides is 4. The number of carbonyl (C=O) groups excluding carboxylic acids is 4. The van der Waals surface area contributed by atoms with Gasteiger partial charge in [-0.3, -0.25) is 24.6 Å². The average molecular weight is 620 g/mol. The number of piperidine rings is 1. The van der Waals surface area contributed by atoms with Crippen molar-refractivity contribution in [2.75, 3.05) is 4.90 Å². The van der Waals surface area contributed by atoms with Crippen LogP contribution in [-0.4, -0.2) is 87.0 Å². The fraction of sp³-hybridized carbons (Fsp3) is 0.323. The fourth-order valence-electron chi connectivity index (χ4n) is 5.92. The minimum atomic E-state index is -1.90. The Morgan fingerprint density at radius 2 is 1.69 bits per heavy atom. The topological polar surface area (TPSA) is 212 Å². The number of carbonyl (C=O) groups is 5. The summed E-state index contributed by atoms with van der Waals surface area (Å²) in [5.74, 6) is -2.72. The van der Waals surface area contributed by atoms with Gasteiger partial charge in [0.1, 0.15) is 24.4 Å². The molecule has 5 unspecified atom stereocenters. The molecule has 3 aromatic carbocycles. The molecule has 3 aliphatic heterocycles. The second-order valence-electron chi connectivity index (χ2n) is 11.1. The van der Waals surface area contributed by atoms with Crippen LogP contribution in [0.4, 0.5) is 10.5 Å². The predicted octanol–water partition coefficient (Wildman–Crippen LogP) is 0.314. The van der Waals surface area contributed by atoms with Crippen LogP contribution in [0.2, 0.25) is 0 Å². The number of hydrogen-bond acceptors (Lipinski definition) is 10. The van der Waals surface area contributed by atoms with Crippen molar-refractivity contribution in [1.29, 1.82) is 0 Å². The number of rotatable bonds is 7. The van der Waals surface area contributed by atoms with E-state index < -0.39 is 54.7 Å². The van der Waals surface area contributed by atoms with Crippen molar-refractivity contribution < 1.29 is 53.9 Å². The zero-order valence-electron chi connectivity index (χ0n) is 23.6. The van der Waals surface area contributed by atoms with Crippen LogP contribution in [-0.2, 0) is 36.8 Å². The van der Waals surface area contributed by atoms with Crippen LogP contribution in [0, 0.1) is 0 Å². The maximum absolute atomic E-state index is 13.4. The first-order chi connectivity index (χ1) is 21.5. The van der Waals surface area contributed by atoms with Crippen LogP contribution >= 0.6 is 0 Å². The monoisotopic (exact) mass is 619 g/mol. The molecule has 0 bridgehead atoms. The molecule has 3 heterocycles. The molecule has 14 heteroatoms. The van der Waals surface area contributed by atoms with Crippen LogP contribution in [0.15, 0.2) is 54.6 Å². The van der Waals surface area contributed by atoms with E-state index in [1.807, 2.05) is 30.3 Å². The highest BCUT2D eigenvalue weighted by atomic mass is 16.7. The molecule has 0 aromatic heterocycles. The third-order valence-electron chi connectivity index (χ3n) is 8.23. The van der Waals surface area contributed by atoms with Crippen molar-refractivity contribution in [2.24, 2.45) is 0 Å². The summed E-state index contributed by atoms with van der Waals surface area (Å²) in [6.07, 6.45) is -9.46. The van der Waals surface area contributed by atoms with Crippen molar-refractivity contribution >= 4 is 46.2 Å². The predicted molar refractivity (Wildman–Crippen MR) is 154 cm³/mol. The number of nitrogens with zero attached hydrogens (tertiary/aromatic N) is 1. The van der Waals surface area contributed by atoms with Gasteiger partial charge in [-0.2, -0.15) is 0 Å². The number of alkyl carbamates (subject to hydrolysis) is 1. The lowest BCUT2D eigenvalue weighted by molar-refractivity contribution is -0.278. The van der Waals surface area contributed by atoms with Gasteiger partial charge in [0.25, 0.3) is 5.91 Å². The summed E-state index contributed by atoms with van der Waals surface area (Å²) in [5.41, 5.74) is 3.73. The fourth-order valence-corrected chi connectivity index (χ4v) is 5.92. The number of anilines is 1. The Labute approximate surface area is 255 Å². The van der Waals surface area contributed by atoms with E-state index in [4.69, 9.17) is 14.6 Å². The number of hydrogen-bond donors (Lipinski definition) is 6. The Morgan fingerprint density at radius 3 is 2.40 bits per heavy atom. The molecular formula is C31H29N3O11. The number of benzene rings is 3. The van der Waals surface area contributed by atoms with Gasteiger partial charge >= 0.3 is 12.1 Å². The summed E-state index contributed by atoms with van der Waals surface area (Å²) in [5, 5.41) is 45.2. The molecular weight excluding hydrogens is 590 g/mol. The van der Waals surface area contributed by atoms with Crippen molar-refractivity contribution in [3.05, 3.63) is 76.9 Å². The molecule has 6 rings (SSSR count). The van der Waals surface area contributed by atoms with E-state index in [9.17, 15) is 39.3 Å². The quantitative estimate of drug-likeness (QED) is 0.198. The molecule has 6 N–H and O–H groups in total. The molecule has 2 fully saturated rings. The van der Waals surface area contributed by atoms with Gasteiger partial charge in [0, 0.05) is 23.9 Å². The summed E-state index contributed by atoms with van der Waals surface area (Å²) < 4.78 is 9.88. The lowest BCUT2D eigenvalue weighted by Crippen LogP contribution is -2.61. The Morgan fingerprint density at radius 1 is 0.956 bits per heavy atom. The van der Waals surface area contributed by atoms with Gasteiger partial charge in [0.05, 0.1) is 5.69 Å². The third-order valence-corrected chi connectivity index (χ3v) is 8.23. The number of ether oxygens (including phenoxy) is 2. The number of carboxylic acid groups (broad SMARTS) is 1. The highest BCUT2D eigenvalue weighted by Gasteiger charge is 2.48. The molecule has 45 heavy (non-hydrogen) atoms. The number of nitrogens with one attached hydrogen (secondary N) is 2. The standard InChI is InChI=1S/C31H29N3O11/c35-21-11-10-20(27(39)33-21)34-19-9-8-16(17-2-1-3-18(22(17)19)28(34)40)12-14-4-6-15(7-5-14)13-32-31(43)45-30-25(38)23(36)24(37)26(44-30)29(41)42/h1-9,20,23-26,30,36-38H,10-13H2,(H,32,43)(H,41,42)(H,33,35,39)/t20-,23?,24?,25?,26?,30?/m0/s1. The molecule has 6 atom stereocenters. The summed E-state index contributed by atoms with van der Waals surface area (Å²) in [4.78, 5) is 62.6. The molecule has 0 aliphatic carbocycles. The first-order valence-electron chi connectivity index (χ1n) is 14.2. The maximum Gasteiger partial charge on any atom is 0.409 e. The van der Waals surface area contributed by atoms with Crippen LogP contribution < -0.4 is 15.5 Å². The van der Waals surface area contributed by atoms with Gasteiger partial charge < -0.3 is 35.2 Å². The van der Waals surface area contributed by atoms with Crippen LogP contribution in [0.25, 0.3) is 10.8 Å².